The van der Waals surface area contributed by atoms with Gasteiger partial charge in [0, 0.05) is 0 Å². The van der Waals surface area contributed by atoms with Crippen molar-refractivity contribution in [2.45, 2.75) is 6.10 Å². The van der Waals surface area contributed by atoms with E-state index in [0.717, 1.165) is 6.07 Å². The number of amides is 2. The predicted molar refractivity (Wildman–Crippen MR) is 78.1 cm³/mol. The van der Waals surface area contributed by atoms with Crippen molar-refractivity contribution >= 4 is 17.5 Å². The summed E-state index contributed by atoms with van der Waals surface area (Å²) in [7, 11) is 0. The molecule has 3 rings (SSSR count). The lowest BCUT2D eigenvalue weighted by Gasteiger charge is -2.25. The lowest BCUT2D eigenvalue weighted by molar-refractivity contribution is -0.123. The predicted octanol–water partition coefficient (Wildman–Crippen LogP) is 2.23. The molecule has 1 heterocycles. The summed E-state index contributed by atoms with van der Waals surface area (Å²) in [5.41, 5.74) is -0.165. The number of carbonyl (C=O) groups is 2. The van der Waals surface area contributed by atoms with Gasteiger partial charge in [-0.1, -0.05) is 12.1 Å². The highest BCUT2D eigenvalue weighted by molar-refractivity contribution is 5.99. The first-order valence-corrected chi connectivity index (χ1v) is 6.95. The molecule has 0 bridgehead atoms. The van der Waals surface area contributed by atoms with E-state index in [2.05, 4.69) is 10.6 Å². The summed E-state index contributed by atoms with van der Waals surface area (Å²) in [6.07, 6.45) is -1.03. The molecule has 2 N–H and O–H groups in total. The molecule has 124 valence electrons. The molecule has 8 heteroatoms. The van der Waals surface area contributed by atoms with Crippen molar-refractivity contribution in [2.75, 3.05) is 11.9 Å². The molecule has 0 aliphatic carbocycles. The Bertz CT molecular complexity index is 826. The molecular weight excluding hydrogens is 325 g/mol. The first kappa shape index (κ1) is 15.9. The molecule has 1 aliphatic heterocycles. The van der Waals surface area contributed by atoms with Gasteiger partial charge in [0.05, 0.1) is 17.8 Å². The van der Waals surface area contributed by atoms with Gasteiger partial charge in [0.15, 0.2) is 23.6 Å². The quantitative estimate of drug-likeness (QED) is 0.845. The maximum absolute atomic E-state index is 13.6. The van der Waals surface area contributed by atoms with Gasteiger partial charge in [-0.3, -0.25) is 9.59 Å². The normalized spacial score (nSPS) is 16.0. The minimum atomic E-state index is -1.73. The number of nitrogens with one attached hydrogen (secondary N) is 2. The molecule has 5 nitrogen and oxygen atoms in total. The van der Waals surface area contributed by atoms with Crippen LogP contribution in [0.15, 0.2) is 36.4 Å². The number of halogens is 3. The van der Waals surface area contributed by atoms with Gasteiger partial charge in [-0.2, -0.15) is 0 Å². The van der Waals surface area contributed by atoms with E-state index in [4.69, 9.17) is 4.74 Å². The van der Waals surface area contributed by atoms with Gasteiger partial charge in [0.2, 0.25) is 0 Å². The largest absolute Gasteiger partial charge is 0.477 e. The Hall–Kier alpha value is -3.03. The maximum Gasteiger partial charge on any atom is 0.267 e. The maximum atomic E-state index is 13.6. The van der Waals surface area contributed by atoms with E-state index in [9.17, 15) is 22.8 Å². The Morgan fingerprint density at radius 3 is 2.67 bits per heavy atom. The molecule has 2 aromatic carbocycles. The molecule has 2 aromatic rings. The van der Waals surface area contributed by atoms with Crippen molar-refractivity contribution in [2.24, 2.45) is 0 Å². The standard InChI is InChI=1S/C16H11F3N2O3/c17-9-6-5-8(13(18)14(9)19)15(22)20-7-12-16(23)21-10-3-1-2-4-11(10)24-12/h1-6,12H,7H2,(H,20,22)(H,21,23). The third-order valence-corrected chi connectivity index (χ3v) is 3.43. The molecule has 1 atom stereocenters. The molecule has 0 spiro atoms. The lowest BCUT2D eigenvalue weighted by atomic mass is 10.1. The van der Waals surface area contributed by atoms with Crippen molar-refractivity contribution < 1.29 is 27.5 Å². The zero-order valence-corrected chi connectivity index (χ0v) is 12.1. The first-order valence-electron chi connectivity index (χ1n) is 6.95. The molecule has 0 saturated carbocycles. The molecule has 2 amide bonds. The molecule has 0 aromatic heterocycles. The van der Waals surface area contributed by atoms with Crippen LogP contribution in [0.3, 0.4) is 0 Å². The molecule has 0 radical (unpaired) electrons. The van der Waals surface area contributed by atoms with Gasteiger partial charge >= 0.3 is 0 Å². The average Bonchev–Trinajstić information content (AvgIpc) is 2.57. The summed E-state index contributed by atoms with van der Waals surface area (Å²) in [5.74, 6) is -5.76. The summed E-state index contributed by atoms with van der Waals surface area (Å²) in [4.78, 5) is 23.8. The minimum Gasteiger partial charge on any atom is -0.477 e. The van der Waals surface area contributed by atoms with Crippen molar-refractivity contribution in [3.8, 4) is 5.75 Å². The number of hydrogen-bond donors (Lipinski definition) is 2. The van der Waals surface area contributed by atoms with Crippen molar-refractivity contribution in [1.29, 1.82) is 0 Å². The van der Waals surface area contributed by atoms with Crippen LogP contribution in [-0.4, -0.2) is 24.5 Å². The monoisotopic (exact) mass is 336 g/mol. The van der Waals surface area contributed by atoms with Crippen LogP contribution >= 0.6 is 0 Å². The van der Waals surface area contributed by atoms with E-state index >= 15 is 0 Å². The van der Waals surface area contributed by atoms with Gasteiger partial charge in [-0.25, -0.2) is 13.2 Å². The third-order valence-electron chi connectivity index (χ3n) is 3.43. The summed E-state index contributed by atoms with van der Waals surface area (Å²) in [6, 6.07) is 8.18. The number of benzene rings is 2. The Morgan fingerprint density at radius 2 is 1.88 bits per heavy atom. The fourth-order valence-electron chi connectivity index (χ4n) is 2.21. The number of anilines is 1. The molecular formula is C16H11F3N2O3. The highest BCUT2D eigenvalue weighted by Crippen LogP contribution is 2.28. The van der Waals surface area contributed by atoms with Gasteiger partial charge in [0.1, 0.15) is 5.75 Å². The topological polar surface area (TPSA) is 67.4 Å². The second-order valence-corrected chi connectivity index (χ2v) is 5.02. The molecule has 24 heavy (non-hydrogen) atoms. The van der Waals surface area contributed by atoms with Crippen LogP contribution in [0.1, 0.15) is 10.4 Å². The number of para-hydroxylation sites is 2. The van der Waals surface area contributed by atoms with Gasteiger partial charge in [-0.05, 0) is 24.3 Å². The number of hydrogen-bond acceptors (Lipinski definition) is 3. The van der Waals surface area contributed by atoms with Crippen LogP contribution in [0.5, 0.6) is 5.75 Å². The highest BCUT2D eigenvalue weighted by atomic mass is 19.2. The summed E-state index contributed by atoms with van der Waals surface area (Å²) in [6.45, 7) is -0.266. The van der Waals surface area contributed by atoms with E-state index in [0.29, 0.717) is 17.5 Å². The van der Waals surface area contributed by atoms with E-state index in [1.807, 2.05) is 0 Å². The van der Waals surface area contributed by atoms with Crippen LogP contribution < -0.4 is 15.4 Å². The Kier molecular flexibility index (Phi) is 4.11. The Morgan fingerprint density at radius 1 is 1.12 bits per heavy atom. The minimum absolute atomic E-state index is 0.266. The highest BCUT2D eigenvalue weighted by Gasteiger charge is 2.28. The summed E-state index contributed by atoms with van der Waals surface area (Å²) < 4.78 is 45.0. The fraction of sp³-hybridized carbons (Fsp3) is 0.125. The average molecular weight is 336 g/mol. The number of ether oxygens (including phenoxy) is 1. The number of rotatable bonds is 3. The van der Waals surface area contributed by atoms with Crippen LogP contribution in [0.4, 0.5) is 18.9 Å². The lowest BCUT2D eigenvalue weighted by Crippen LogP contribution is -2.45. The zero-order valence-electron chi connectivity index (χ0n) is 12.1. The van der Waals surface area contributed by atoms with Crippen molar-refractivity contribution in [3.63, 3.8) is 0 Å². The Labute approximate surface area is 134 Å². The SMILES string of the molecule is O=C(NCC1Oc2ccccc2NC1=O)c1ccc(F)c(F)c1F. The second-order valence-electron chi connectivity index (χ2n) is 5.02. The Balaban J connectivity index is 1.69. The second kappa shape index (κ2) is 6.23. The zero-order chi connectivity index (χ0) is 17.3. The molecule has 0 saturated heterocycles. The van der Waals surface area contributed by atoms with Crippen LogP contribution in [0, 0.1) is 17.5 Å². The van der Waals surface area contributed by atoms with E-state index in [1.165, 1.54) is 0 Å². The third kappa shape index (κ3) is 2.90. The molecule has 0 fully saturated rings. The fourth-order valence-corrected chi connectivity index (χ4v) is 2.21. The first-order chi connectivity index (χ1) is 11.5. The van der Waals surface area contributed by atoms with Crippen LogP contribution in [0.25, 0.3) is 0 Å². The number of carbonyl (C=O) groups excluding carboxylic acids is 2. The van der Waals surface area contributed by atoms with Crippen LogP contribution in [0.2, 0.25) is 0 Å². The van der Waals surface area contributed by atoms with Crippen LogP contribution in [-0.2, 0) is 4.79 Å². The van der Waals surface area contributed by atoms with E-state index in [1.54, 1.807) is 24.3 Å². The molecule has 1 unspecified atom stereocenters. The summed E-state index contributed by atoms with van der Waals surface area (Å²) >= 11 is 0. The van der Waals surface area contributed by atoms with Gasteiger partial charge in [-0.15, -0.1) is 0 Å². The number of fused-ring (bicyclic) bond motifs is 1. The van der Waals surface area contributed by atoms with E-state index < -0.39 is 40.9 Å². The summed E-state index contributed by atoms with van der Waals surface area (Å²) in [5, 5.41) is 4.87. The smallest absolute Gasteiger partial charge is 0.267 e. The van der Waals surface area contributed by atoms with Gasteiger partial charge in [0.25, 0.3) is 11.8 Å². The van der Waals surface area contributed by atoms with E-state index in [-0.39, 0.29) is 6.54 Å². The molecule has 1 aliphatic rings. The van der Waals surface area contributed by atoms with Crippen molar-refractivity contribution in [3.05, 3.63) is 59.4 Å². The van der Waals surface area contributed by atoms with Gasteiger partial charge < -0.3 is 15.4 Å². The van der Waals surface area contributed by atoms with Crippen molar-refractivity contribution in [1.82, 2.24) is 5.32 Å².